The minimum Gasteiger partial charge on any atom is -0.491 e. The number of pyridine rings is 1. The molecule has 1 aromatic rings. The van der Waals surface area contributed by atoms with Crippen molar-refractivity contribution in [1.82, 2.24) is 15.2 Å². The predicted molar refractivity (Wildman–Crippen MR) is 68.6 cm³/mol. The van der Waals surface area contributed by atoms with Crippen LogP contribution in [0.4, 0.5) is 0 Å². The summed E-state index contributed by atoms with van der Waals surface area (Å²) in [4.78, 5) is 6.41. The topological polar surface area (TPSA) is 37.4 Å². The average Bonchev–Trinajstić information content (AvgIpc) is 2.32. The van der Waals surface area contributed by atoms with Crippen molar-refractivity contribution in [2.45, 2.75) is 13.0 Å². The van der Waals surface area contributed by atoms with Gasteiger partial charge in [0, 0.05) is 44.5 Å². The second kappa shape index (κ2) is 6.19. The van der Waals surface area contributed by atoms with Gasteiger partial charge in [0.15, 0.2) is 0 Å². The highest BCUT2D eigenvalue weighted by Gasteiger charge is 2.16. The molecule has 2 rings (SSSR count). The van der Waals surface area contributed by atoms with Gasteiger partial charge in [0.2, 0.25) is 0 Å². The normalized spacial score (nSPS) is 21.4. The molecule has 0 aromatic carbocycles. The third-order valence-corrected chi connectivity index (χ3v) is 3.17. The highest BCUT2D eigenvalue weighted by atomic mass is 35.5. The van der Waals surface area contributed by atoms with Gasteiger partial charge >= 0.3 is 0 Å². The van der Waals surface area contributed by atoms with Crippen LogP contribution in [0.15, 0.2) is 18.5 Å². The first-order chi connectivity index (χ1) is 8.25. The average molecular weight is 256 g/mol. The van der Waals surface area contributed by atoms with Crippen molar-refractivity contribution in [2.75, 3.05) is 32.8 Å². The molecule has 0 amide bonds. The van der Waals surface area contributed by atoms with Crippen molar-refractivity contribution in [3.05, 3.63) is 23.5 Å². The quantitative estimate of drug-likeness (QED) is 0.883. The highest BCUT2D eigenvalue weighted by Crippen LogP contribution is 2.15. The van der Waals surface area contributed by atoms with Crippen molar-refractivity contribution in [2.24, 2.45) is 0 Å². The standard InChI is InChI=1S/C12H18ClN3O/c1-10-7-14-2-3-16(10)4-5-17-12-6-11(13)8-15-9-12/h6,8-10,14H,2-5,7H2,1H3. The Morgan fingerprint density at radius 1 is 1.59 bits per heavy atom. The van der Waals surface area contributed by atoms with Crippen LogP contribution >= 0.6 is 11.6 Å². The lowest BCUT2D eigenvalue weighted by molar-refractivity contribution is 0.143. The van der Waals surface area contributed by atoms with Crippen molar-refractivity contribution >= 4 is 11.6 Å². The summed E-state index contributed by atoms with van der Waals surface area (Å²) < 4.78 is 5.63. The van der Waals surface area contributed by atoms with Crippen molar-refractivity contribution in [3.8, 4) is 5.75 Å². The van der Waals surface area contributed by atoms with E-state index in [1.165, 1.54) is 0 Å². The molecule has 0 aliphatic carbocycles. The molecule has 0 radical (unpaired) electrons. The fourth-order valence-electron chi connectivity index (χ4n) is 1.97. The van der Waals surface area contributed by atoms with E-state index in [4.69, 9.17) is 16.3 Å². The van der Waals surface area contributed by atoms with Gasteiger partial charge in [-0.25, -0.2) is 0 Å². The van der Waals surface area contributed by atoms with Gasteiger partial charge in [-0.3, -0.25) is 9.88 Å². The van der Waals surface area contributed by atoms with E-state index in [2.05, 4.69) is 22.1 Å². The number of nitrogens with one attached hydrogen (secondary N) is 1. The molecule has 1 fully saturated rings. The highest BCUT2D eigenvalue weighted by molar-refractivity contribution is 6.30. The molecule has 17 heavy (non-hydrogen) atoms. The molecule has 1 N–H and O–H groups in total. The van der Waals surface area contributed by atoms with Gasteiger partial charge in [0.05, 0.1) is 11.2 Å². The van der Waals surface area contributed by atoms with Crippen LogP contribution in [0, 0.1) is 0 Å². The fourth-order valence-corrected chi connectivity index (χ4v) is 2.13. The predicted octanol–water partition coefficient (Wildman–Crippen LogP) is 1.41. The Kier molecular flexibility index (Phi) is 4.59. The number of aromatic nitrogens is 1. The molecule has 1 unspecified atom stereocenters. The van der Waals surface area contributed by atoms with Crippen LogP contribution in [0.25, 0.3) is 0 Å². The Hall–Kier alpha value is -0.840. The largest absolute Gasteiger partial charge is 0.491 e. The summed E-state index contributed by atoms with van der Waals surface area (Å²) in [6.07, 6.45) is 3.29. The molecular weight excluding hydrogens is 238 g/mol. The number of nitrogens with zero attached hydrogens (tertiary/aromatic N) is 2. The summed E-state index contributed by atoms with van der Waals surface area (Å²) in [7, 11) is 0. The van der Waals surface area contributed by atoms with Gasteiger partial charge in [-0.15, -0.1) is 0 Å². The molecule has 1 aliphatic heterocycles. The van der Waals surface area contributed by atoms with E-state index in [1.807, 2.05) is 0 Å². The summed E-state index contributed by atoms with van der Waals surface area (Å²) in [5.41, 5.74) is 0. The molecule has 5 heteroatoms. The number of halogens is 1. The first kappa shape index (κ1) is 12.6. The molecule has 4 nitrogen and oxygen atoms in total. The summed E-state index contributed by atoms with van der Waals surface area (Å²) in [5.74, 6) is 0.736. The zero-order chi connectivity index (χ0) is 12.1. The van der Waals surface area contributed by atoms with Gasteiger partial charge in [-0.05, 0) is 6.92 Å². The molecular formula is C12H18ClN3O. The zero-order valence-corrected chi connectivity index (χ0v) is 10.8. The Morgan fingerprint density at radius 3 is 3.24 bits per heavy atom. The van der Waals surface area contributed by atoms with E-state index in [1.54, 1.807) is 18.5 Å². The zero-order valence-electron chi connectivity index (χ0n) is 10.0. The first-order valence-electron chi connectivity index (χ1n) is 5.94. The molecule has 0 saturated carbocycles. The molecule has 94 valence electrons. The maximum absolute atomic E-state index is 5.83. The number of hydrogen-bond donors (Lipinski definition) is 1. The summed E-state index contributed by atoms with van der Waals surface area (Å²) in [5, 5.41) is 3.98. The van der Waals surface area contributed by atoms with Crippen LogP contribution in [-0.4, -0.2) is 48.7 Å². The first-order valence-corrected chi connectivity index (χ1v) is 6.31. The van der Waals surface area contributed by atoms with E-state index in [0.29, 0.717) is 17.7 Å². The monoisotopic (exact) mass is 255 g/mol. The van der Waals surface area contributed by atoms with E-state index >= 15 is 0 Å². The van der Waals surface area contributed by atoms with Gasteiger partial charge in [0.1, 0.15) is 12.4 Å². The summed E-state index contributed by atoms with van der Waals surface area (Å²) in [6, 6.07) is 2.36. The number of ether oxygens (including phenoxy) is 1. The Labute approximate surface area is 107 Å². The van der Waals surface area contributed by atoms with Crippen LogP contribution < -0.4 is 10.1 Å². The maximum atomic E-state index is 5.83. The lowest BCUT2D eigenvalue weighted by atomic mass is 10.2. The van der Waals surface area contributed by atoms with Gasteiger partial charge in [-0.2, -0.15) is 0 Å². The Morgan fingerprint density at radius 2 is 2.47 bits per heavy atom. The van der Waals surface area contributed by atoms with Gasteiger partial charge in [-0.1, -0.05) is 11.6 Å². The number of rotatable bonds is 4. The molecule has 1 aromatic heterocycles. The minimum atomic E-state index is 0.574. The maximum Gasteiger partial charge on any atom is 0.139 e. The Bertz CT molecular complexity index is 361. The molecule has 1 atom stereocenters. The summed E-state index contributed by atoms with van der Waals surface area (Å²) >= 11 is 5.83. The van der Waals surface area contributed by atoms with E-state index in [0.717, 1.165) is 31.9 Å². The van der Waals surface area contributed by atoms with Crippen molar-refractivity contribution in [1.29, 1.82) is 0 Å². The Balaban J connectivity index is 1.75. The van der Waals surface area contributed by atoms with Crippen LogP contribution in [0.2, 0.25) is 5.02 Å². The molecule has 1 saturated heterocycles. The van der Waals surface area contributed by atoms with Crippen LogP contribution in [0.3, 0.4) is 0 Å². The number of piperazine rings is 1. The minimum absolute atomic E-state index is 0.574. The lowest BCUT2D eigenvalue weighted by Gasteiger charge is -2.33. The van der Waals surface area contributed by atoms with Crippen LogP contribution in [-0.2, 0) is 0 Å². The second-order valence-corrected chi connectivity index (χ2v) is 4.71. The molecule has 0 bridgehead atoms. The number of hydrogen-bond acceptors (Lipinski definition) is 4. The second-order valence-electron chi connectivity index (χ2n) is 4.28. The third-order valence-electron chi connectivity index (χ3n) is 2.97. The van der Waals surface area contributed by atoms with Gasteiger partial charge < -0.3 is 10.1 Å². The van der Waals surface area contributed by atoms with Crippen LogP contribution in [0.1, 0.15) is 6.92 Å². The van der Waals surface area contributed by atoms with Crippen molar-refractivity contribution < 1.29 is 4.74 Å². The smallest absolute Gasteiger partial charge is 0.139 e. The van der Waals surface area contributed by atoms with E-state index in [-0.39, 0.29) is 0 Å². The van der Waals surface area contributed by atoms with Gasteiger partial charge in [0.25, 0.3) is 0 Å². The fraction of sp³-hybridized carbons (Fsp3) is 0.583. The summed E-state index contributed by atoms with van der Waals surface area (Å²) in [6.45, 7) is 7.04. The van der Waals surface area contributed by atoms with E-state index in [9.17, 15) is 0 Å². The molecule has 1 aliphatic rings. The van der Waals surface area contributed by atoms with Crippen molar-refractivity contribution in [3.63, 3.8) is 0 Å². The lowest BCUT2D eigenvalue weighted by Crippen LogP contribution is -2.50. The molecule has 2 heterocycles. The van der Waals surface area contributed by atoms with Crippen LogP contribution in [0.5, 0.6) is 5.75 Å². The third kappa shape index (κ3) is 3.84. The SMILES string of the molecule is CC1CNCCN1CCOc1cncc(Cl)c1. The molecule has 0 spiro atoms. The van der Waals surface area contributed by atoms with E-state index < -0.39 is 0 Å².